The molecule has 0 amide bonds. The summed E-state index contributed by atoms with van der Waals surface area (Å²) >= 11 is 0. The van der Waals surface area contributed by atoms with Crippen molar-refractivity contribution in [1.82, 2.24) is 4.90 Å². The van der Waals surface area contributed by atoms with Crippen LogP contribution in [0.1, 0.15) is 41.0 Å². The van der Waals surface area contributed by atoms with Gasteiger partial charge >= 0.3 is 5.97 Å². The maximum absolute atomic E-state index is 12.3. The zero-order valence-electron chi connectivity index (χ0n) is 14.2. The molecule has 1 aliphatic rings. The average molecular weight is 301 g/mol. The third-order valence-electron chi connectivity index (χ3n) is 3.50. The van der Waals surface area contributed by atoms with Crippen molar-refractivity contribution in [3.05, 3.63) is 0 Å². The first-order chi connectivity index (χ1) is 9.87. The lowest BCUT2D eigenvalue weighted by atomic mass is 10.1. The van der Waals surface area contributed by atoms with E-state index in [4.69, 9.17) is 14.2 Å². The molecule has 2 atom stereocenters. The molecule has 0 N–H and O–H groups in total. The molecule has 0 aromatic heterocycles. The molecule has 0 saturated carbocycles. The van der Waals surface area contributed by atoms with Crippen molar-refractivity contribution in [2.45, 2.75) is 52.7 Å². The van der Waals surface area contributed by atoms with Crippen molar-refractivity contribution < 1.29 is 19.0 Å². The molecule has 124 valence electrons. The zero-order chi connectivity index (χ0) is 15.9. The van der Waals surface area contributed by atoms with Gasteiger partial charge in [0.2, 0.25) is 0 Å². The Balaban J connectivity index is 2.39. The van der Waals surface area contributed by atoms with Crippen LogP contribution in [0.3, 0.4) is 0 Å². The first-order valence-electron chi connectivity index (χ1n) is 7.99. The molecule has 0 aromatic rings. The van der Waals surface area contributed by atoms with Crippen LogP contribution in [0.15, 0.2) is 0 Å². The summed E-state index contributed by atoms with van der Waals surface area (Å²) < 4.78 is 16.4. The average Bonchev–Trinajstić information content (AvgIpc) is 2.80. The molecule has 0 bridgehead atoms. The molecule has 5 heteroatoms. The van der Waals surface area contributed by atoms with Gasteiger partial charge in [0.15, 0.2) is 0 Å². The highest BCUT2D eigenvalue weighted by Gasteiger charge is 2.38. The summed E-state index contributed by atoms with van der Waals surface area (Å²) in [6.07, 6.45) is 0.817. The highest BCUT2D eigenvalue weighted by molar-refractivity contribution is 5.76. The summed E-state index contributed by atoms with van der Waals surface area (Å²) in [5.41, 5.74) is -0.428. The Morgan fingerprint density at radius 1 is 1.19 bits per heavy atom. The second-order valence-corrected chi connectivity index (χ2v) is 6.51. The van der Waals surface area contributed by atoms with E-state index < -0.39 is 5.60 Å². The number of carbonyl (C=O) groups excluding carboxylic acids is 1. The van der Waals surface area contributed by atoms with Crippen LogP contribution in [0, 0.1) is 5.92 Å². The van der Waals surface area contributed by atoms with Crippen molar-refractivity contribution in [3.63, 3.8) is 0 Å². The number of esters is 1. The van der Waals surface area contributed by atoms with Crippen molar-refractivity contribution in [3.8, 4) is 0 Å². The number of hydrogen-bond donors (Lipinski definition) is 0. The molecule has 1 rings (SSSR count). The van der Waals surface area contributed by atoms with Crippen LogP contribution in [-0.4, -0.2) is 62.0 Å². The smallest absolute Gasteiger partial charge is 0.323 e. The molecule has 5 nitrogen and oxygen atoms in total. The number of rotatable bonds is 8. The van der Waals surface area contributed by atoms with Crippen LogP contribution >= 0.6 is 0 Å². The molecule has 0 spiro atoms. The van der Waals surface area contributed by atoms with Gasteiger partial charge in [-0.1, -0.05) is 6.92 Å². The van der Waals surface area contributed by atoms with E-state index in [1.807, 2.05) is 27.7 Å². The number of likely N-dealkylation sites (tertiary alicyclic amines) is 1. The summed E-state index contributed by atoms with van der Waals surface area (Å²) in [5.74, 6) is 0.283. The quantitative estimate of drug-likeness (QED) is 0.507. The van der Waals surface area contributed by atoms with Gasteiger partial charge in [0.25, 0.3) is 0 Å². The third-order valence-corrected chi connectivity index (χ3v) is 3.50. The third kappa shape index (κ3) is 6.76. The van der Waals surface area contributed by atoms with Gasteiger partial charge < -0.3 is 14.2 Å². The predicted molar refractivity (Wildman–Crippen MR) is 82.3 cm³/mol. The van der Waals surface area contributed by atoms with Crippen LogP contribution in [0.2, 0.25) is 0 Å². The summed E-state index contributed by atoms with van der Waals surface area (Å²) in [4.78, 5) is 14.5. The van der Waals surface area contributed by atoms with E-state index in [0.717, 1.165) is 26.1 Å². The highest BCUT2D eigenvalue weighted by Crippen LogP contribution is 2.25. The van der Waals surface area contributed by atoms with E-state index in [2.05, 4.69) is 11.8 Å². The van der Waals surface area contributed by atoms with E-state index in [-0.39, 0.29) is 12.0 Å². The summed E-state index contributed by atoms with van der Waals surface area (Å²) in [5, 5.41) is 0. The predicted octanol–water partition coefficient (Wildman–Crippen LogP) is 2.09. The summed E-state index contributed by atoms with van der Waals surface area (Å²) in [6.45, 7) is 14.2. The monoisotopic (exact) mass is 301 g/mol. The van der Waals surface area contributed by atoms with Gasteiger partial charge in [-0.2, -0.15) is 0 Å². The normalized spacial score (nSPS) is 23.5. The topological polar surface area (TPSA) is 48.0 Å². The van der Waals surface area contributed by atoms with Gasteiger partial charge in [0.1, 0.15) is 11.6 Å². The van der Waals surface area contributed by atoms with E-state index in [1.165, 1.54) is 0 Å². The molecule has 1 fully saturated rings. The van der Waals surface area contributed by atoms with Crippen molar-refractivity contribution in [1.29, 1.82) is 0 Å². The van der Waals surface area contributed by atoms with E-state index in [9.17, 15) is 4.79 Å². The number of likely N-dealkylation sites (N-methyl/N-ethyl adjacent to an activating group) is 1. The molecule has 1 saturated heterocycles. The molecule has 0 aromatic carbocycles. The second kappa shape index (κ2) is 8.71. The van der Waals surface area contributed by atoms with Crippen LogP contribution in [0.25, 0.3) is 0 Å². The fraction of sp³-hybridized carbons (Fsp3) is 0.938. The molecule has 1 aliphatic heterocycles. The zero-order valence-corrected chi connectivity index (χ0v) is 14.2. The number of carbonyl (C=O) groups is 1. The molecule has 0 aliphatic carbocycles. The number of ether oxygens (including phenoxy) is 3. The van der Waals surface area contributed by atoms with Gasteiger partial charge in [-0.25, -0.2) is 0 Å². The van der Waals surface area contributed by atoms with Crippen molar-refractivity contribution in [2.24, 2.45) is 5.92 Å². The lowest BCUT2D eigenvalue weighted by molar-refractivity contribution is -0.160. The van der Waals surface area contributed by atoms with E-state index in [1.54, 1.807) is 0 Å². The molecule has 1 heterocycles. The minimum atomic E-state index is -0.428. The lowest BCUT2D eigenvalue weighted by Crippen LogP contribution is -2.40. The Hall–Kier alpha value is -0.650. The SMILES string of the molecule is CCOCCOCC1CC(C(=O)OC(C)(C)C)N(CC)C1. The molecule has 0 radical (unpaired) electrons. The largest absolute Gasteiger partial charge is 0.459 e. The minimum Gasteiger partial charge on any atom is -0.459 e. The van der Waals surface area contributed by atoms with Gasteiger partial charge in [-0.05, 0) is 46.6 Å². The Kier molecular flexibility index (Phi) is 7.63. The molecular weight excluding hydrogens is 270 g/mol. The standard InChI is InChI=1S/C16H31NO4/c1-6-17-11-13(12-20-9-8-19-7-2)10-14(17)15(18)21-16(3,4)5/h13-14H,6-12H2,1-5H3. The fourth-order valence-electron chi connectivity index (χ4n) is 2.60. The molecule has 21 heavy (non-hydrogen) atoms. The second-order valence-electron chi connectivity index (χ2n) is 6.51. The Morgan fingerprint density at radius 3 is 2.43 bits per heavy atom. The Labute approximate surface area is 128 Å². The first kappa shape index (κ1) is 18.4. The molecule has 2 unspecified atom stereocenters. The van der Waals surface area contributed by atoms with E-state index in [0.29, 0.717) is 25.7 Å². The number of hydrogen-bond acceptors (Lipinski definition) is 5. The Morgan fingerprint density at radius 2 is 1.86 bits per heavy atom. The minimum absolute atomic E-state index is 0.110. The van der Waals surface area contributed by atoms with Crippen LogP contribution in [0.5, 0.6) is 0 Å². The van der Waals surface area contributed by atoms with Crippen molar-refractivity contribution in [2.75, 3.05) is 39.5 Å². The first-order valence-corrected chi connectivity index (χ1v) is 7.99. The summed E-state index contributed by atoms with van der Waals surface area (Å²) in [7, 11) is 0. The number of nitrogens with zero attached hydrogens (tertiary/aromatic N) is 1. The fourth-order valence-corrected chi connectivity index (χ4v) is 2.60. The van der Waals surface area contributed by atoms with Crippen LogP contribution < -0.4 is 0 Å². The lowest BCUT2D eigenvalue weighted by Gasteiger charge is -2.26. The summed E-state index contributed by atoms with van der Waals surface area (Å²) in [6, 6.07) is -0.130. The van der Waals surface area contributed by atoms with Crippen molar-refractivity contribution >= 4 is 5.97 Å². The van der Waals surface area contributed by atoms with Crippen LogP contribution in [0.4, 0.5) is 0 Å². The molecular formula is C16H31NO4. The maximum atomic E-state index is 12.3. The highest BCUT2D eigenvalue weighted by atomic mass is 16.6. The van der Waals surface area contributed by atoms with Gasteiger partial charge in [0, 0.05) is 13.2 Å². The van der Waals surface area contributed by atoms with Crippen LogP contribution in [-0.2, 0) is 19.0 Å². The Bertz CT molecular complexity index is 314. The van der Waals surface area contributed by atoms with Gasteiger partial charge in [-0.3, -0.25) is 9.69 Å². The van der Waals surface area contributed by atoms with Gasteiger partial charge in [-0.15, -0.1) is 0 Å². The van der Waals surface area contributed by atoms with Gasteiger partial charge in [0.05, 0.1) is 19.8 Å². The van der Waals surface area contributed by atoms with E-state index >= 15 is 0 Å². The maximum Gasteiger partial charge on any atom is 0.323 e.